The van der Waals surface area contributed by atoms with Crippen molar-refractivity contribution in [3.63, 3.8) is 0 Å². The van der Waals surface area contributed by atoms with E-state index < -0.39 is 28.7 Å². The highest BCUT2D eigenvalue weighted by atomic mass is 35.5. The van der Waals surface area contributed by atoms with Crippen molar-refractivity contribution in [3.8, 4) is 5.69 Å². The first-order chi connectivity index (χ1) is 15.4. The first-order valence-electron chi connectivity index (χ1n) is 10.1. The lowest BCUT2D eigenvalue weighted by molar-refractivity contribution is 0.0849. The second-order valence-electron chi connectivity index (χ2n) is 7.35. The third kappa shape index (κ3) is 4.63. The molecule has 1 unspecified atom stereocenters. The van der Waals surface area contributed by atoms with Crippen LogP contribution in [-0.4, -0.2) is 39.5 Å². The number of ether oxygens (including phenoxy) is 1. The van der Waals surface area contributed by atoms with Gasteiger partial charge in [0, 0.05) is 23.7 Å². The zero-order chi connectivity index (χ0) is 22.7. The van der Waals surface area contributed by atoms with Gasteiger partial charge in [0.15, 0.2) is 0 Å². The molecular formula is C22H20ClFN4O4. The number of rotatable bonds is 6. The summed E-state index contributed by atoms with van der Waals surface area (Å²) in [5.74, 6) is -1.32. The standard InChI is InChI=1S/C22H20ClFN4O4/c23-15-6-3-7-16(11-15)28-22(31)27(13-14-5-1-2-9-18(14)24)21(30)19(26-28)20(29)25-12-17-8-4-10-32-17/h1-3,5-7,9,11,17H,4,8,10,12-13H2,(H,25,29). The average Bonchev–Trinajstić information content (AvgIpc) is 3.30. The number of halogens is 2. The quantitative estimate of drug-likeness (QED) is 0.610. The highest BCUT2D eigenvalue weighted by Gasteiger charge is 2.23. The van der Waals surface area contributed by atoms with Gasteiger partial charge in [-0.05, 0) is 37.1 Å². The summed E-state index contributed by atoms with van der Waals surface area (Å²) in [6.07, 6.45) is 1.56. The molecule has 0 radical (unpaired) electrons. The van der Waals surface area contributed by atoms with Gasteiger partial charge >= 0.3 is 5.69 Å². The van der Waals surface area contributed by atoms with E-state index in [1.165, 1.54) is 24.3 Å². The zero-order valence-corrected chi connectivity index (χ0v) is 17.7. The second kappa shape index (κ2) is 9.46. The normalized spacial score (nSPS) is 15.6. The van der Waals surface area contributed by atoms with Crippen LogP contribution in [0.3, 0.4) is 0 Å². The molecule has 0 spiro atoms. The topological polar surface area (TPSA) is 95.2 Å². The lowest BCUT2D eigenvalue weighted by atomic mass is 10.2. The van der Waals surface area contributed by atoms with Gasteiger partial charge in [-0.1, -0.05) is 35.9 Å². The number of hydrogen-bond acceptors (Lipinski definition) is 5. The van der Waals surface area contributed by atoms with E-state index in [4.69, 9.17) is 16.3 Å². The van der Waals surface area contributed by atoms with E-state index in [9.17, 15) is 18.8 Å². The first-order valence-corrected chi connectivity index (χ1v) is 10.4. The summed E-state index contributed by atoms with van der Waals surface area (Å²) in [4.78, 5) is 38.9. The van der Waals surface area contributed by atoms with Gasteiger partial charge in [-0.2, -0.15) is 9.78 Å². The van der Waals surface area contributed by atoms with E-state index in [0.717, 1.165) is 22.1 Å². The maximum atomic E-state index is 14.2. The maximum absolute atomic E-state index is 14.2. The highest BCUT2D eigenvalue weighted by Crippen LogP contribution is 2.13. The van der Waals surface area contributed by atoms with Crippen LogP contribution in [0.2, 0.25) is 5.02 Å². The number of benzene rings is 2. The smallest absolute Gasteiger partial charge is 0.352 e. The van der Waals surface area contributed by atoms with Gasteiger partial charge in [-0.25, -0.2) is 9.18 Å². The van der Waals surface area contributed by atoms with E-state index in [0.29, 0.717) is 11.6 Å². The van der Waals surface area contributed by atoms with E-state index in [1.54, 1.807) is 24.3 Å². The molecule has 2 heterocycles. The summed E-state index contributed by atoms with van der Waals surface area (Å²) in [6, 6.07) is 12.0. The fraction of sp³-hybridized carbons (Fsp3) is 0.273. The number of hydrogen-bond donors (Lipinski definition) is 1. The summed E-state index contributed by atoms with van der Waals surface area (Å²) < 4.78 is 21.4. The summed E-state index contributed by atoms with van der Waals surface area (Å²) >= 11 is 6.04. The highest BCUT2D eigenvalue weighted by molar-refractivity contribution is 6.30. The van der Waals surface area contributed by atoms with Gasteiger partial charge in [0.25, 0.3) is 11.5 Å². The lowest BCUT2D eigenvalue weighted by Crippen LogP contribution is -2.46. The minimum absolute atomic E-state index is 0.126. The average molecular weight is 459 g/mol. The molecule has 0 aliphatic carbocycles. The molecule has 1 amide bonds. The van der Waals surface area contributed by atoms with Crippen molar-refractivity contribution in [3.05, 3.63) is 91.5 Å². The SMILES string of the molecule is O=C(NCC1CCCO1)c1nn(-c2cccc(Cl)c2)c(=O)n(Cc2ccccc2F)c1=O. The van der Waals surface area contributed by atoms with Crippen LogP contribution in [0.4, 0.5) is 4.39 Å². The summed E-state index contributed by atoms with van der Waals surface area (Å²) in [6.45, 7) is 0.469. The fourth-order valence-electron chi connectivity index (χ4n) is 3.47. The molecule has 1 aromatic heterocycles. The Kier molecular flexibility index (Phi) is 6.48. The minimum atomic E-state index is -0.915. The fourth-order valence-corrected chi connectivity index (χ4v) is 3.65. The van der Waals surface area contributed by atoms with Crippen molar-refractivity contribution in [2.45, 2.75) is 25.5 Å². The van der Waals surface area contributed by atoms with Crippen molar-refractivity contribution in [2.75, 3.05) is 13.2 Å². The Morgan fingerprint density at radius 3 is 2.75 bits per heavy atom. The number of aromatic nitrogens is 3. The van der Waals surface area contributed by atoms with Crippen LogP contribution < -0.4 is 16.6 Å². The van der Waals surface area contributed by atoms with Crippen LogP contribution in [0.5, 0.6) is 0 Å². The number of carbonyl (C=O) groups is 1. The third-order valence-electron chi connectivity index (χ3n) is 5.13. The molecular weight excluding hydrogens is 439 g/mol. The molecule has 32 heavy (non-hydrogen) atoms. The van der Waals surface area contributed by atoms with Crippen molar-refractivity contribution < 1.29 is 13.9 Å². The molecule has 2 aromatic carbocycles. The summed E-state index contributed by atoms with van der Waals surface area (Å²) in [5.41, 5.74) is -1.84. The Bertz CT molecular complexity index is 1270. The minimum Gasteiger partial charge on any atom is -0.376 e. The second-order valence-corrected chi connectivity index (χ2v) is 7.79. The maximum Gasteiger partial charge on any atom is 0.352 e. The van der Waals surface area contributed by atoms with Crippen molar-refractivity contribution in [1.29, 1.82) is 0 Å². The van der Waals surface area contributed by atoms with Crippen molar-refractivity contribution >= 4 is 17.5 Å². The van der Waals surface area contributed by atoms with E-state index in [1.807, 2.05) is 0 Å². The molecule has 166 valence electrons. The third-order valence-corrected chi connectivity index (χ3v) is 5.36. The van der Waals surface area contributed by atoms with E-state index >= 15 is 0 Å². The molecule has 1 aliphatic heterocycles. The van der Waals surface area contributed by atoms with Gasteiger partial charge in [0.2, 0.25) is 5.69 Å². The van der Waals surface area contributed by atoms with Crippen molar-refractivity contribution in [1.82, 2.24) is 19.7 Å². The Hall–Kier alpha value is -3.30. The molecule has 1 aliphatic rings. The molecule has 1 saturated heterocycles. The monoisotopic (exact) mass is 458 g/mol. The van der Waals surface area contributed by atoms with Crippen LogP contribution in [0, 0.1) is 5.82 Å². The lowest BCUT2D eigenvalue weighted by Gasteiger charge is -2.14. The molecule has 0 bridgehead atoms. The van der Waals surface area contributed by atoms with E-state index in [-0.39, 0.29) is 30.4 Å². The molecule has 1 atom stereocenters. The van der Waals surface area contributed by atoms with Gasteiger partial charge < -0.3 is 10.1 Å². The van der Waals surface area contributed by atoms with Crippen LogP contribution >= 0.6 is 11.6 Å². The van der Waals surface area contributed by atoms with Gasteiger partial charge in [0.05, 0.1) is 18.3 Å². The summed E-state index contributed by atoms with van der Waals surface area (Å²) in [7, 11) is 0. The molecule has 0 saturated carbocycles. The Morgan fingerprint density at radius 1 is 1.22 bits per heavy atom. The predicted molar refractivity (Wildman–Crippen MR) is 116 cm³/mol. The Labute approximate surface area is 187 Å². The number of nitrogens with one attached hydrogen (secondary N) is 1. The van der Waals surface area contributed by atoms with Crippen LogP contribution in [-0.2, 0) is 11.3 Å². The van der Waals surface area contributed by atoms with Gasteiger partial charge in [-0.3, -0.25) is 14.2 Å². The number of carbonyl (C=O) groups excluding carboxylic acids is 1. The van der Waals surface area contributed by atoms with E-state index in [2.05, 4.69) is 10.4 Å². The molecule has 4 rings (SSSR count). The summed E-state index contributed by atoms with van der Waals surface area (Å²) in [5, 5.41) is 7.00. The zero-order valence-electron chi connectivity index (χ0n) is 17.0. The number of nitrogens with zero attached hydrogens (tertiary/aromatic N) is 3. The molecule has 1 fully saturated rings. The molecule has 3 aromatic rings. The first kappa shape index (κ1) is 21.9. The van der Waals surface area contributed by atoms with Crippen LogP contribution in [0.1, 0.15) is 28.9 Å². The molecule has 8 nitrogen and oxygen atoms in total. The van der Waals surface area contributed by atoms with Gasteiger partial charge in [-0.15, -0.1) is 0 Å². The van der Waals surface area contributed by atoms with Crippen molar-refractivity contribution in [2.24, 2.45) is 0 Å². The predicted octanol–water partition coefficient (Wildman–Crippen LogP) is 2.14. The number of amides is 1. The van der Waals surface area contributed by atoms with Gasteiger partial charge in [0.1, 0.15) is 5.82 Å². The Balaban J connectivity index is 1.79. The molecule has 10 heteroatoms. The molecule has 1 N–H and O–H groups in total. The van der Waals surface area contributed by atoms with Crippen LogP contribution in [0.15, 0.2) is 58.1 Å². The van der Waals surface area contributed by atoms with Crippen LogP contribution in [0.25, 0.3) is 5.69 Å². The largest absolute Gasteiger partial charge is 0.376 e. The Morgan fingerprint density at radius 2 is 2.03 bits per heavy atom.